The molecular weight excluding hydrogens is 287 g/mol. The van der Waals surface area contributed by atoms with Gasteiger partial charge in [0.25, 0.3) is 5.91 Å². The van der Waals surface area contributed by atoms with Gasteiger partial charge in [0.05, 0.1) is 11.1 Å². The maximum Gasteiger partial charge on any atom is 0.261 e. The first-order chi connectivity index (χ1) is 9.11. The van der Waals surface area contributed by atoms with E-state index in [0.717, 1.165) is 12.8 Å². The second-order valence-electron chi connectivity index (χ2n) is 4.27. The van der Waals surface area contributed by atoms with Gasteiger partial charge in [0, 0.05) is 11.1 Å². The third kappa shape index (κ3) is 3.76. The summed E-state index contributed by atoms with van der Waals surface area (Å²) < 4.78 is 5.37. The summed E-state index contributed by atoms with van der Waals surface area (Å²) in [5, 5.41) is 9.57. The molecule has 2 rings (SSSR count). The van der Waals surface area contributed by atoms with Crippen LogP contribution in [0.2, 0.25) is 10.0 Å². The van der Waals surface area contributed by atoms with Crippen LogP contribution in [0.1, 0.15) is 12.8 Å². The molecule has 100 valence electrons. The lowest BCUT2D eigenvalue weighted by Gasteiger charge is -2.19. The van der Waals surface area contributed by atoms with E-state index in [0.29, 0.717) is 15.8 Å². The number of hydrogen-bond acceptors (Lipinski definition) is 3. The zero-order valence-electron chi connectivity index (χ0n) is 10.1. The molecule has 1 aromatic carbocycles. The minimum absolute atomic E-state index is 0.0984. The van der Waals surface area contributed by atoms with Gasteiger partial charge < -0.3 is 9.64 Å². The lowest BCUT2D eigenvalue weighted by Crippen LogP contribution is -2.37. The molecule has 0 N–H and O–H groups in total. The summed E-state index contributed by atoms with van der Waals surface area (Å²) in [7, 11) is 0. The quantitative estimate of drug-likeness (QED) is 0.786. The van der Waals surface area contributed by atoms with Crippen LogP contribution in [-0.4, -0.2) is 30.0 Å². The van der Waals surface area contributed by atoms with Crippen LogP contribution in [-0.2, 0) is 4.79 Å². The van der Waals surface area contributed by atoms with E-state index in [1.165, 1.54) is 0 Å². The van der Waals surface area contributed by atoms with E-state index in [9.17, 15) is 4.79 Å². The molecule has 0 spiro atoms. The van der Waals surface area contributed by atoms with Crippen molar-refractivity contribution >= 4 is 29.1 Å². The summed E-state index contributed by atoms with van der Waals surface area (Å²) in [6.07, 6.45) is 1.91. The van der Waals surface area contributed by atoms with Crippen molar-refractivity contribution in [2.45, 2.75) is 18.9 Å². The number of benzene rings is 1. The van der Waals surface area contributed by atoms with Crippen molar-refractivity contribution in [1.82, 2.24) is 4.90 Å². The van der Waals surface area contributed by atoms with Gasteiger partial charge in [0.2, 0.25) is 0 Å². The van der Waals surface area contributed by atoms with Gasteiger partial charge in [-0.3, -0.25) is 4.79 Å². The van der Waals surface area contributed by atoms with Crippen molar-refractivity contribution in [3.05, 3.63) is 28.2 Å². The van der Waals surface area contributed by atoms with Crippen LogP contribution >= 0.6 is 23.2 Å². The molecule has 4 nitrogen and oxygen atoms in total. The molecular formula is C13H12Cl2N2O2. The number of carbonyl (C=O) groups is 1. The van der Waals surface area contributed by atoms with Crippen molar-refractivity contribution < 1.29 is 9.53 Å². The maximum absolute atomic E-state index is 11.9. The fourth-order valence-electron chi connectivity index (χ4n) is 1.70. The summed E-state index contributed by atoms with van der Waals surface area (Å²) in [4.78, 5) is 13.5. The summed E-state index contributed by atoms with van der Waals surface area (Å²) in [6, 6.07) is 6.99. The molecule has 1 amide bonds. The molecule has 19 heavy (non-hydrogen) atoms. The number of ether oxygens (including phenoxy) is 1. The Hall–Kier alpha value is -1.44. The third-order valence-electron chi connectivity index (χ3n) is 2.79. The van der Waals surface area contributed by atoms with E-state index in [2.05, 4.69) is 0 Å². The van der Waals surface area contributed by atoms with Crippen molar-refractivity contribution in [3.8, 4) is 11.8 Å². The first-order valence-corrected chi connectivity index (χ1v) is 6.61. The van der Waals surface area contributed by atoms with Gasteiger partial charge in [0.15, 0.2) is 6.61 Å². The van der Waals surface area contributed by atoms with Gasteiger partial charge >= 0.3 is 0 Å². The van der Waals surface area contributed by atoms with Crippen molar-refractivity contribution in [2.24, 2.45) is 0 Å². The van der Waals surface area contributed by atoms with Gasteiger partial charge in [-0.1, -0.05) is 23.2 Å². The molecule has 1 saturated carbocycles. The third-order valence-corrected chi connectivity index (χ3v) is 3.32. The average molecular weight is 299 g/mol. The van der Waals surface area contributed by atoms with Crippen molar-refractivity contribution in [3.63, 3.8) is 0 Å². The lowest BCUT2D eigenvalue weighted by atomic mass is 10.3. The first kappa shape index (κ1) is 14.0. The average Bonchev–Trinajstić information content (AvgIpc) is 3.18. The number of rotatable bonds is 5. The van der Waals surface area contributed by atoms with Crippen LogP contribution in [0.25, 0.3) is 0 Å². The van der Waals surface area contributed by atoms with Gasteiger partial charge in [-0.2, -0.15) is 5.26 Å². The highest BCUT2D eigenvalue weighted by Gasteiger charge is 2.32. The summed E-state index contributed by atoms with van der Waals surface area (Å²) in [6.45, 7) is -0.0270. The predicted molar refractivity (Wildman–Crippen MR) is 72.3 cm³/mol. The fourth-order valence-corrected chi connectivity index (χ4v) is 2.16. The van der Waals surface area contributed by atoms with Crippen LogP contribution in [0.4, 0.5) is 0 Å². The van der Waals surface area contributed by atoms with Gasteiger partial charge in [-0.15, -0.1) is 0 Å². The fraction of sp³-hybridized carbons (Fsp3) is 0.385. The highest BCUT2D eigenvalue weighted by Crippen LogP contribution is 2.29. The summed E-state index contributed by atoms with van der Waals surface area (Å²) in [5.41, 5.74) is 0. The summed E-state index contributed by atoms with van der Waals surface area (Å²) >= 11 is 11.7. The minimum Gasteiger partial charge on any atom is -0.482 e. The monoisotopic (exact) mass is 298 g/mol. The SMILES string of the molecule is N#CCN(C(=O)COc1ccc(Cl)cc1Cl)C1CC1. The molecule has 1 fully saturated rings. The molecule has 1 aliphatic carbocycles. The molecule has 0 heterocycles. The number of hydrogen-bond donors (Lipinski definition) is 0. The molecule has 0 aromatic heterocycles. The lowest BCUT2D eigenvalue weighted by molar-refractivity contribution is -0.133. The van der Waals surface area contributed by atoms with E-state index in [1.54, 1.807) is 23.1 Å². The molecule has 0 aliphatic heterocycles. The van der Waals surface area contributed by atoms with Gasteiger partial charge in [0.1, 0.15) is 12.3 Å². The first-order valence-electron chi connectivity index (χ1n) is 5.86. The van der Waals surface area contributed by atoms with Crippen molar-refractivity contribution in [1.29, 1.82) is 5.26 Å². The number of nitrogens with zero attached hydrogens (tertiary/aromatic N) is 2. The molecule has 0 atom stereocenters. The smallest absolute Gasteiger partial charge is 0.261 e. The minimum atomic E-state index is -0.199. The van der Waals surface area contributed by atoms with E-state index >= 15 is 0 Å². The topological polar surface area (TPSA) is 53.3 Å². The Bertz CT molecular complexity index is 524. The molecule has 1 aliphatic rings. The molecule has 0 saturated heterocycles. The molecule has 1 aromatic rings. The second-order valence-corrected chi connectivity index (χ2v) is 5.12. The van der Waals surface area contributed by atoms with E-state index in [-0.39, 0.29) is 25.1 Å². The van der Waals surface area contributed by atoms with Crippen LogP contribution in [0.3, 0.4) is 0 Å². The Morgan fingerprint density at radius 3 is 2.79 bits per heavy atom. The van der Waals surface area contributed by atoms with Crippen molar-refractivity contribution in [2.75, 3.05) is 13.2 Å². The van der Waals surface area contributed by atoms with Crippen LogP contribution in [0.15, 0.2) is 18.2 Å². The predicted octanol–water partition coefficient (Wildman–Crippen LogP) is 2.89. The largest absolute Gasteiger partial charge is 0.482 e. The van der Waals surface area contributed by atoms with E-state index in [1.807, 2.05) is 6.07 Å². The number of halogens is 2. The van der Waals surface area contributed by atoms with Crippen LogP contribution < -0.4 is 4.74 Å². The Labute approximate surface area is 121 Å². The molecule has 0 radical (unpaired) electrons. The normalized spacial score (nSPS) is 13.7. The zero-order chi connectivity index (χ0) is 13.8. The molecule has 0 unspecified atom stereocenters. The van der Waals surface area contributed by atoms with E-state index in [4.69, 9.17) is 33.2 Å². The Morgan fingerprint density at radius 2 is 2.21 bits per heavy atom. The molecule has 0 bridgehead atoms. The second kappa shape index (κ2) is 6.14. The summed E-state index contributed by atoms with van der Waals surface area (Å²) in [5.74, 6) is 0.210. The van der Waals surface area contributed by atoms with Gasteiger partial charge in [-0.25, -0.2) is 0 Å². The maximum atomic E-state index is 11.9. The Balaban J connectivity index is 1.94. The van der Waals surface area contributed by atoms with Crippen LogP contribution in [0, 0.1) is 11.3 Å². The highest BCUT2D eigenvalue weighted by atomic mass is 35.5. The number of amides is 1. The van der Waals surface area contributed by atoms with Gasteiger partial charge in [-0.05, 0) is 31.0 Å². The van der Waals surface area contributed by atoms with E-state index < -0.39 is 0 Å². The molecule has 6 heteroatoms. The Morgan fingerprint density at radius 1 is 1.47 bits per heavy atom. The zero-order valence-corrected chi connectivity index (χ0v) is 11.6. The highest BCUT2D eigenvalue weighted by molar-refractivity contribution is 6.35. The number of carbonyl (C=O) groups excluding carboxylic acids is 1. The number of nitriles is 1. The van der Waals surface area contributed by atoms with Crippen LogP contribution in [0.5, 0.6) is 5.75 Å². The Kier molecular flexibility index (Phi) is 4.52. The standard InChI is InChI=1S/C13H12Cl2N2O2/c14-9-1-4-12(11(15)7-9)19-8-13(18)17(6-5-16)10-2-3-10/h1,4,7,10H,2-3,6,8H2.